The van der Waals surface area contributed by atoms with Crippen molar-refractivity contribution in [1.29, 1.82) is 0 Å². The molecule has 0 saturated carbocycles. The maximum absolute atomic E-state index is 11.9. The molecule has 0 aliphatic rings. The fraction of sp³-hybridized carbons (Fsp3) is 0.500. The Morgan fingerprint density at radius 2 is 1.94 bits per heavy atom. The molecule has 0 radical (unpaired) electrons. The summed E-state index contributed by atoms with van der Waals surface area (Å²) in [6.07, 6.45) is 0.490. The van der Waals surface area contributed by atoms with Crippen molar-refractivity contribution in [3.63, 3.8) is 0 Å². The fourth-order valence-electron chi connectivity index (χ4n) is 1.52. The van der Waals surface area contributed by atoms with Crippen LogP contribution in [0.1, 0.15) is 29.3 Å². The molecule has 1 N–H and O–H groups in total. The van der Waals surface area contributed by atoms with E-state index < -0.39 is 0 Å². The monoisotopic (exact) mass is 235 g/mol. The maximum Gasteiger partial charge on any atom is 0.164 e. The molecule has 1 aromatic rings. The summed E-state index contributed by atoms with van der Waals surface area (Å²) < 4.78 is 0. The summed E-state index contributed by atoms with van der Waals surface area (Å²) in [7, 11) is 1.92. The van der Waals surface area contributed by atoms with Crippen LogP contribution in [0, 0.1) is 6.92 Å². The van der Waals surface area contributed by atoms with E-state index in [9.17, 15) is 4.79 Å². The predicted molar refractivity (Wildman–Crippen MR) is 69.3 cm³/mol. The minimum absolute atomic E-state index is 0.0980. The molecule has 1 unspecified atom stereocenters. The highest BCUT2D eigenvalue weighted by atomic mass is 16.3. The van der Waals surface area contributed by atoms with Crippen molar-refractivity contribution < 1.29 is 9.90 Å². The van der Waals surface area contributed by atoms with Gasteiger partial charge in [-0.1, -0.05) is 29.8 Å². The first-order chi connectivity index (χ1) is 8.04. The van der Waals surface area contributed by atoms with E-state index >= 15 is 0 Å². The van der Waals surface area contributed by atoms with Gasteiger partial charge < -0.3 is 10.0 Å². The van der Waals surface area contributed by atoms with Crippen molar-refractivity contribution in [2.24, 2.45) is 0 Å². The summed E-state index contributed by atoms with van der Waals surface area (Å²) in [6.45, 7) is 4.74. The summed E-state index contributed by atoms with van der Waals surface area (Å²) in [5.74, 6) is 0.155. The normalized spacial score (nSPS) is 12.8. The largest absolute Gasteiger partial charge is 0.395 e. The minimum atomic E-state index is 0.0980. The molecule has 0 spiro atoms. The number of rotatable bonds is 6. The first-order valence-corrected chi connectivity index (χ1v) is 5.95. The molecular formula is C14H21NO2. The van der Waals surface area contributed by atoms with E-state index in [0.717, 1.165) is 11.1 Å². The number of likely N-dealkylation sites (N-methyl/N-ethyl adjacent to an activating group) is 1. The number of hydrogen-bond donors (Lipinski definition) is 1. The third-order valence-corrected chi connectivity index (χ3v) is 3.08. The topological polar surface area (TPSA) is 40.5 Å². The molecule has 0 fully saturated rings. The lowest BCUT2D eigenvalue weighted by Gasteiger charge is -2.22. The van der Waals surface area contributed by atoms with Gasteiger partial charge in [0, 0.05) is 24.6 Å². The van der Waals surface area contributed by atoms with E-state index in [4.69, 9.17) is 5.11 Å². The lowest BCUT2D eigenvalue weighted by molar-refractivity contribution is 0.0946. The molecule has 1 atom stereocenters. The Labute approximate surface area is 103 Å². The van der Waals surface area contributed by atoms with E-state index in [-0.39, 0.29) is 18.4 Å². The van der Waals surface area contributed by atoms with Gasteiger partial charge in [0.25, 0.3) is 0 Å². The SMILES string of the molecule is Cc1ccc(C(=O)CCN(C)C(C)CO)cc1. The molecule has 0 saturated heterocycles. The van der Waals surface area contributed by atoms with Crippen molar-refractivity contribution in [3.05, 3.63) is 35.4 Å². The van der Waals surface area contributed by atoms with Gasteiger partial charge in [-0.15, -0.1) is 0 Å². The molecule has 0 aliphatic carbocycles. The zero-order valence-corrected chi connectivity index (χ0v) is 10.8. The van der Waals surface area contributed by atoms with Crippen LogP contribution in [0.2, 0.25) is 0 Å². The number of hydrogen-bond acceptors (Lipinski definition) is 3. The summed E-state index contributed by atoms with van der Waals surface area (Å²) in [4.78, 5) is 13.9. The van der Waals surface area contributed by atoms with Gasteiger partial charge in [-0.25, -0.2) is 0 Å². The second-order valence-electron chi connectivity index (χ2n) is 4.55. The number of Topliss-reactive ketones (excluding diaryl/α,β-unsaturated/α-hetero) is 1. The third kappa shape index (κ3) is 4.29. The van der Waals surface area contributed by atoms with Crippen LogP contribution in [-0.2, 0) is 0 Å². The van der Waals surface area contributed by atoms with E-state index in [2.05, 4.69) is 0 Å². The highest BCUT2D eigenvalue weighted by Crippen LogP contribution is 2.07. The third-order valence-electron chi connectivity index (χ3n) is 3.08. The van der Waals surface area contributed by atoms with Crippen LogP contribution < -0.4 is 0 Å². The molecule has 1 rings (SSSR count). The molecule has 0 bridgehead atoms. The Kier molecular flexibility index (Phi) is 5.32. The Balaban J connectivity index is 2.47. The summed E-state index contributed by atoms with van der Waals surface area (Å²) in [5, 5.41) is 8.99. The number of aliphatic hydroxyl groups excluding tert-OH is 1. The smallest absolute Gasteiger partial charge is 0.164 e. The number of aliphatic hydroxyl groups is 1. The highest BCUT2D eigenvalue weighted by molar-refractivity contribution is 5.96. The average Bonchev–Trinajstić information content (AvgIpc) is 2.35. The number of nitrogens with zero attached hydrogens (tertiary/aromatic N) is 1. The summed E-state index contributed by atoms with van der Waals surface area (Å²) in [6, 6.07) is 7.74. The van der Waals surface area contributed by atoms with Gasteiger partial charge in [0.2, 0.25) is 0 Å². The van der Waals surface area contributed by atoms with Crippen molar-refractivity contribution in [2.45, 2.75) is 26.3 Å². The van der Waals surface area contributed by atoms with Gasteiger partial charge in [0.05, 0.1) is 6.61 Å². The molecule has 94 valence electrons. The van der Waals surface area contributed by atoms with Crippen LogP contribution in [0.5, 0.6) is 0 Å². The molecule has 0 amide bonds. The molecule has 17 heavy (non-hydrogen) atoms. The van der Waals surface area contributed by atoms with E-state index in [0.29, 0.717) is 13.0 Å². The standard InChI is InChI=1S/C14H21NO2/c1-11-4-6-13(7-5-11)14(17)8-9-15(3)12(2)10-16/h4-7,12,16H,8-10H2,1-3H3. The van der Waals surface area contributed by atoms with Crippen LogP contribution in [0.25, 0.3) is 0 Å². The van der Waals surface area contributed by atoms with Crippen LogP contribution in [0.15, 0.2) is 24.3 Å². The lowest BCUT2D eigenvalue weighted by atomic mass is 10.1. The zero-order valence-electron chi connectivity index (χ0n) is 10.8. The van der Waals surface area contributed by atoms with Crippen molar-refractivity contribution >= 4 is 5.78 Å². The van der Waals surface area contributed by atoms with Gasteiger partial charge in [0.15, 0.2) is 5.78 Å². The second kappa shape index (κ2) is 6.52. The molecular weight excluding hydrogens is 214 g/mol. The average molecular weight is 235 g/mol. The van der Waals surface area contributed by atoms with Crippen LogP contribution in [-0.4, -0.2) is 42.0 Å². The zero-order chi connectivity index (χ0) is 12.8. The number of carbonyl (C=O) groups excluding carboxylic acids is 1. The van der Waals surface area contributed by atoms with Gasteiger partial charge in [0.1, 0.15) is 0 Å². The van der Waals surface area contributed by atoms with Crippen molar-refractivity contribution in [2.75, 3.05) is 20.2 Å². The Bertz CT molecular complexity index is 359. The van der Waals surface area contributed by atoms with E-state index in [1.165, 1.54) is 0 Å². The van der Waals surface area contributed by atoms with E-state index in [1.54, 1.807) is 0 Å². The predicted octanol–water partition coefficient (Wildman–Crippen LogP) is 1.88. The molecule has 0 heterocycles. The fourth-order valence-corrected chi connectivity index (χ4v) is 1.52. The van der Waals surface area contributed by atoms with Crippen molar-refractivity contribution in [3.8, 4) is 0 Å². The maximum atomic E-state index is 11.9. The van der Waals surface area contributed by atoms with Gasteiger partial charge in [-0.2, -0.15) is 0 Å². The van der Waals surface area contributed by atoms with Gasteiger partial charge >= 0.3 is 0 Å². The van der Waals surface area contributed by atoms with Gasteiger partial charge in [-0.05, 0) is 20.9 Å². The Hall–Kier alpha value is -1.19. The Morgan fingerprint density at radius 3 is 2.47 bits per heavy atom. The molecule has 1 aromatic carbocycles. The molecule has 0 aliphatic heterocycles. The second-order valence-corrected chi connectivity index (χ2v) is 4.55. The quantitative estimate of drug-likeness (QED) is 0.765. The van der Waals surface area contributed by atoms with Crippen LogP contribution in [0.3, 0.4) is 0 Å². The summed E-state index contributed by atoms with van der Waals surface area (Å²) in [5.41, 5.74) is 1.92. The summed E-state index contributed by atoms with van der Waals surface area (Å²) >= 11 is 0. The van der Waals surface area contributed by atoms with E-state index in [1.807, 2.05) is 50.1 Å². The number of aryl methyl sites for hydroxylation is 1. The minimum Gasteiger partial charge on any atom is -0.395 e. The number of carbonyl (C=O) groups is 1. The van der Waals surface area contributed by atoms with Crippen LogP contribution in [0.4, 0.5) is 0 Å². The first-order valence-electron chi connectivity index (χ1n) is 5.95. The Morgan fingerprint density at radius 1 is 1.35 bits per heavy atom. The number of ketones is 1. The van der Waals surface area contributed by atoms with Gasteiger partial charge in [-0.3, -0.25) is 4.79 Å². The molecule has 3 heteroatoms. The number of benzene rings is 1. The lowest BCUT2D eigenvalue weighted by Crippen LogP contribution is -2.33. The van der Waals surface area contributed by atoms with Crippen molar-refractivity contribution in [1.82, 2.24) is 4.90 Å². The molecule has 3 nitrogen and oxygen atoms in total. The first kappa shape index (κ1) is 13.9. The molecule has 0 aromatic heterocycles. The van der Waals surface area contributed by atoms with Crippen LogP contribution >= 0.6 is 0 Å². The highest BCUT2D eigenvalue weighted by Gasteiger charge is 2.11.